The maximum atomic E-state index is 13.9. The van der Waals surface area contributed by atoms with Gasteiger partial charge in [0.1, 0.15) is 17.3 Å². The molecular weight excluding hydrogens is 493 g/mol. The first kappa shape index (κ1) is 25.4. The number of amides is 3. The third-order valence-electron chi connectivity index (χ3n) is 5.65. The standard InChI is InChI=1S/C29H21ClFN3O3/c1-17-14-24(33-29(36)34-28(35)21-10-6-7-11-23(21)31)18(2)26(30)27(17)37-25-13-12-19(16-32)15-22(25)20-8-4-3-5-9-20/h3-15H,1-2H3,(H2,33,34,35,36). The van der Waals surface area contributed by atoms with Gasteiger partial charge < -0.3 is 10.1 Å². The summed E-state index contributed by atoms with van der Waals surface area (Å²) in [6.07, 6.45) is 0. The minimum absolute atomic E-state index is 0.246. The van der Waals surface area contributed by atoms with Crippen LogP contribution in [-0.2, 0) is 0 Å². The van der Waals surface area contributed by atoms with E-state index in [1.165, 1.54) is 18.2 Å². The summed E-state index contributed by atoms with van der Waals surface area (Å²) >= 11 is 6.65. The van der Waals surface area contributed by atoms with Crippen molar-refractivity contribution in [2.24, 2.45) is 0 Å². The summed E-state index contributed by atoms with van der Waals surface area (Å²) in [5.74, 6) is -0.717. The molecule has 2 N–H and O–H groups in total. The number of benzene rings is 4. The van der Waals surface area contributed by atoms with Crippen LogP contribution in [0.4, 0.5) is 14.9 Å². The molecule has 4 rings (SSSR count). The third kappa shape index (κ3) is 5.61. The van der Waals surface area contributed by atoms with E-state index in [9.17, 15) is 19.2 Å². The van der Waals surface area contributed by atoms with Gasteiger partial charge in [0.05, 0.1) is 22.2 Å². The van der Waals surface area contributed by atoms with Crippen molar-refractivity contribution >= 4 is 29.2 Å². The quantitative estimate of drug-likeness (QED) is 0.291. The highest BCUT2D eigenvalue weighted by Gasteiger charge is 2.19. The Hall–Kier alpha value is -4.67. The highest BCUT2D eigenvalue weighted by atomic mass is 35.5. The zero-order chi connectivity index (χ0) is 26.5. The van der Waals surface area contributed by atoms with Crippen LogP contribution in [0.5, 0.6) is 11.5 Å². The molecule has 0 unspecified atom stereocenters. The number of carbonyl (C=O) groups excluding carboxylic acids is 2. The second-order valence-electron chi connectivity index (χ2n) is 8.19. The monoisotopic (exact) mass is 513 g/mol. The maximum absolute atomic E-state index is 13.9. The third-order valence-corrected chi connectivity index (χ3v) is 6.11. The number of hydrogen-bond acceptors (Lipinski definition) is 4. The first-order valence-electron chi connectivity index (χ1n) is 11.2. The number of imide groups is 1. The molecule has 3 amide bonds. The van der Waals surface area contributed by atoms with Crippen molar-refractivity contribution in [3.8, 4) is 28.7 Å². The summed E-state index contributed by atoms with van der Waals surface area (Å²) < 4.78 is 20.1. The van der Waals surface area contributed by atoms with Gasteiger partial charge >= 0.3 is 6.03 Å². The van der Waals surface area contributed by atoms with Crippen LogP contribution in [0.25, 0.3) is 11.1 Å². The summed E-state index contributed by atoms with van der Waals surface area (Å²) in [5, 5.41) is 14.3. The molecular formula is C29H21ClFN3O3. The lowest BCUT2D eigenvalue weighted by molar-refractivity contribution is 0.0963. The zero-order valence-corrected chi connectivity index (χ0v) is 20.7. The molecule has 4 aromatic carbocycles. The molecule has 0 radical (unpaired) electrons. The lowest BCUT2D eigenvalue weighted by atomic mass is 10.0. The van der Waals surface area contributed by atoms with Gasteiger partial charge in [0.25, 0.3) is 5.91 Å². The van der Waals surface area contributed by atoms with Gasteiger partial charge in [-0.05, 0) is 66.9 Å². The van der Waals surface area contributed by atoms with Crippen LogP contribution < -0.4 is 15.4 Å². The van der Waals surface area contributed by atoms with Gasteiger partial charge in [-0.1, -0.05) is 54.1 Å². The molecule has 0 aromatic heterocycles. The molecule has 8 heteroatoms. The smallest absolute Gasteiger partial charge is 0.326 e. The Balaban J connectivity index is 1.59. The van der Waals surface area contributed by atoms with E-state index in [-0.39, 0.29) is 10.6 Å². The summed E-state index contributed by atoms with van der Waals surface area (Å²) in [6, 6.07) is 22.9. The van der Waals surface area contributed by atoms with E-state index in [0.717, 1.165) is 17.2 Å². The number of halogens is 2. The lowest BCUT2D eigenvalue weighted by Gasteiger charge is -2.18. The number of nitrogens with zero attached hydrogens (tertiary/aromatic N) is 1. The highest BCUT2D eigenvalue weighted by Crippen LogP contribution is 2.41. The Labute approximate surface area is 218 Å². The predicted molar refractivity (Wildman–Crippen MR) is 140 cm³/mol. The number of carbonyl (C=O) groups is 2. The Morgan fingerprint density at radius 2 is 1.68 bits per heavy atom. The molecule has 6 nitrogen and oxygen atoms in total. The molecule has 0 atom stereocenters. The van der Waals surface area contributed by atoms with Gasteiger partial charge in [-0.25, -0.2) is 9.18 Å². The molecule has 0 heterocycles. The van der Waals surface area contributed by atoms with Crippen molar-refractivity contribution in [1.82, 2.24) is 5.32 Å². The molecule has 4 aromatic rings. The Morgan fingerprint density at radius 1 is 0.973 bits per heavy atom. The number of urea groups is 1. The number of rotatable bonds is 5. The van der Waals surface area contributed by atoms with Crippen molar-refractivity contribution < 1.29 is 18.7 Å². The van der Waals surface area contributed by atoms with Crippen molar-refractivity contribution in [2.45, 2.75) is 13.8 Å². The van der Waals surface area contributed by atoms with E-state index in [1.54, 1.807) is 38.1 Å². The van der Waals surface area contributed by atoms with Crippen LogP contribution >= 0.6 is 11.6 Å². The van der Waals surface area contributed by atoms with Crippen molar-refractivity contribution in [3.63, 3.8) is 0 Å². The van der Waals surface area contributed by atoms with Gasteiger partial charge in [-0.15, -0.1) is 0 Å². The zero-order valence-electron chi connectivity index (χ0n) is 19.9. The molecule has 0 aliphatic carbocycles. The number of anilines is 1. The number of hydrogen-bond donors (Lipinski definition) is 2. The lowest BCUT2D eigenvalue weighted by Crippen LogP contribution is -2.35. The molecule has 0 aliphatic rings. The highest BCUT2D eigenvalue weighted by molar-refractivity contribution is 6.33. The van der Waals surface area contributed by atoms with Crippen LogP contribution in [0.3, 0.4) is 0 Å². The molecule has 37 heavy (non-hydrogen) atoms. The topological polar surface area (TPSA) is 91.2 Å². The van der Waals surface area contributed by atoms with E-state index in [1.807, 2.05) is 30.3 Å². The molecule has 184 valence electrons. The number of aryl methyl sites for hydroxylation is 1. The Morgan fingerprint density at radius 3 is 2.38 bits per heavy atom. The van der Waals surface area contributed by atoms with Gasteiger partial charge in [-0.2, -0.15) is 5.26 Å². The number of nitriles is 1. The number of ether oxygens (including phenoxy) is 1. The maximum Gasteiger partial charge on any atom is 0.326 e. The minimum Gasteiger partial charge on any atom is -0.455 e. The molecule has 0 bridgehead atoms. The largest absolute Gasteiger partial charge is 0.455 e. The fourth-order valence-electron chi connectivity index (χ4n) is 3.72. The van der Waals surface area contributed by atoms with Crippen LogP contribution in [0, 0.1) is 31.0 Å². The second-order valence-corrected chi connectivity index (χ2v) is 8.57. The minimum atomic E-state index is -0.870. The first-order valence-corrected chi connectivity index (χ1v) is 11.6. The fourth-order valence-corrected chi connectivity index (χ4v) is 4.01. The van der Waals surface area contributed by atoms with Crippen LogP contribution in [-0.4, -0.2) is 11.9 Å². The second kappa shape index (κ2) is 10.9. The summed E-state index contributed by atoms with van der Waals surface area (Å²) in [7, 11) is 0. The van der Waals surface area contributed by atoms with Crippen molar-refractivity contribution in [1.29, 1.82) is 5.26 Å². The summed E-state index contributed by atoms with van der Waals surface area (Å²) in [4.78, 5) is 24.7. The number of nitrogens with one attached hydrogen (secondary N) is 2. The fraction of sp³-hybridized carbons (Fsp3) is 0.0690. The van der Waals surface area contributed by atoms with Gasteiger partial charge in [0.15, 0.2) is 0 Å². The van der Waals surface area contributed by atoms with E-state index < -0.39 is 17.8 Å². The van der Waals surface area contributed by atoms with Gasteiger partial charge in [-0.3, -0.25) is 10.1 Å². The van der Waals surface area contributed by atoms with E-state index in [0.29, 0.717) is 33.9 Å². The average molecular weight is 514 g/mol. The first-order chi connectivity index (χ1) is 17.8. The molecule has 0 saturated carbocycles. The Kier molecular flexibility index (Phi) is 7.52. The van der Waals surface area contributed by atoms with Crippen molar-refractivity contribution in [2.75, 3.05) is 5.32 Å². The van der Waals surface area contributed by atoms with E-state index >= 15 is 0 Å². The summed E-state index contributed by atoms with van der Waals surface area (Å²) in [5.41, 5.74) is 3.32. The predicted octanol–water partition coefficient (Wildman–Crippen LogP) is 7.39. The van der Waals surface area contributed by atoms with Gasteiger partial charge in [0.2, 0.25) is 0 Å². The summed E-state index contributed by atoms with van der Waals surface area (Å²) in [6.45, 7) is 3.46. The van der Waals surface area contributed by atoms with Crippen LogP contribution in [0.1, 0.15) is 27.0 Å². The van der Waals surface area contributed by atoms with Crippen LogP contribution in [0.2, 0.25) is 5.02 Å². The normalized spacial score (nSPS) is 10.4. The molecule has 0 spiro atoms. The SMILES string of the molecule is Cc1cc(NC(=O)NC(=O)c2ccccc2F)c(C)c(Cl)c1Oc1ccc(C#N)cc1-c1ccccc1. The molecule has 0 saturated heterocycles. The van der Waals surface area contributed by atoms with Gasteiger partial charge in [0, 0.05) is 11.3 Å². The van der Waals surface area contributed by atoms with E-state index in [4.69, 9.17) is 16.3 Å². The van der Waals surface area contributed by atoms with Crippen molar-refractivity contribution in [3.05, 3.63) is 112 Å². The molecule has 0 aliphatic heterocycles. The Bertz CT molecular complexity index is 1550. The average Bonchev–Trinajstić information content (AvgIpc) is 2.90. The van der Waals surface area contributed by atoms with Crippen LogP contribution in [0.15, 0.2) is 78.9 Å². The van der Waals surface area contributed by atoms with E-state index in [2.05, 4.69) is 16.7 Å². The molecule has 0 fully saturated rings.